The molecule has 0 aliphatic heterocycles. The minimum absolute atomic E-state index is 0.0964. The van der Waals surface area contributed by atoms with Crippen LogP contribution >= 0.6 is 0 Å². The molecule has 0 aromatic rings. The average Bonchev–Trinajstić information content (AvgIpc) is 1.94. The summed E-state index contributed by atoms with van der Waals surface area (Å²) in [6, 6.07) is 2.01. The molecule has 0 atom stereocenters. The second-order valence-corrected chi connectivity index (χ2v) is 3.13. The number of rotatable bonds is 0. The van der Waals surface area contributed by atoms with Crippen LogP contribution in [0.5, 0.6) is 0 Å². The van der Waals surface area contributed by atoms with E-state index in [2.05, 4.69) is 0 Å². The Labute approximate surface area is 65.8 Å². The smallest absolute Gasteiger partial charge is 0.179 e. The molecular weight excluding hydrogens is 138 g/mol. The number of carbonyl (C=O) groups excluding carboxylic acids is 1. The minimum atomic E-state index is -0.275. The van der Waals surface area contributed by atoms with Crippen LogP contribution in [0.15, 0.2) is 23.8 Å². The van der Waals surface area contributed by atoms with Gasteiger partial charge in [0.15, 0.2) is 5.78 Å². The first kappa shape index (κ1) is 7.74. The van der Waals surface area contributed by atoms with Crippen molar-refractivity contribution < 1.29 is 4.79 Å². The van der Waals surface area contributed by atoms with E-state index in [1.807, 2.05) is 19.9 Å². The van der Waals surface area contributed by atoms with E-state index in [1.165, 1.54) is 12.2 Å². The lowest BCUT2D eigenvalue weighted by molar-refractivity contribution is -0.110. The van der Waals surface area contributed by atoms with Crippen molar-refractivity contribution in [3.63, 3.8) is 0 Å². The fourth-order valence-electron chi connectivity index (χ4n) is 0.933. The van der Waals surface area contributed by atoms with E-state index in [0.29, 0.717) is 5.57 Å². The summed E-state index contributed by atoms with van der Waals surface area (Å²) in [7, 11) is 0. The lowest BCUT2D eigenvalue weighted by Gasteiger charge is -2.20. The van der Waals surface area contributed by atoms with Crippen LogP contribution in [0.3, 0.4) is 0 Å². The van der Waals surface area contributed by atoms with Crippen LogP contribution in [0.4, 0.5) is 0 Å². The highest BCUT2D eigenvalue weighted by molar-refractivity contribution is 6.01. The van der Waals surface area contributed by atoms with E-state index in [0.717, 1.165) is 0 Å². The highest BCUT2D eigenvalue weighted by Gasteiger charge is 2.23. The van der Waals surface area contributed by atoms with Gasteiger partial charge < -0.3 is 0 Å². The van der Waals surface area contributed by atoms with Crippen molar-refractivity contribution in [1.29, 1.82) is 5.26 Å². The summed E-state index contributed by atoms with van der Waals surface area (Å²) >= 11 is 0. The van der Waals surface area contributed by atoms with Gasteiger partial charge in [0.25, 0.3) is 0 Å². The van der Waals surface area contributed by atoms with Crippen molar-refractivity contribution in [3.05, 3.63) is 23.8 Å². The monoisotopic (exact) mass is 147 g/mol. The van der Waals surface area contributed by atoms with Gasteiger partial charge in [-0.15, -0.1) is 0 Å². The number of carbonyl (C=O) groups is 1. The molecule has 0 spiro atoms. The first-order valence-electron chi connectivity index (χ1n) is 3.42. The van der Waals surface area contributed by atoms with Gasteiger partial charge in [0.2, 0.25) is 0 Å². The molecule has 0 saturated heterocycles. The van der Waals surface area contributed by atoms with Crippen molar-refractivity contribution in [3.8, 4) is 6.07 Å². The Balaban J connectivity index is 3.08. The maximum atomic E-state index is 10.8. The first-order chi connectivity index (χ1) is 5.06. The summed E-state index contributed by atoms with van der Waals surface area (Å²) in [6.45, 7) is 3.82. The summed E-state index contributed by atoms with van der Waals surface area (Å²) in [5, 5.41) is 8.64. The number of allylic oxidation sites excluding steroid dienone is 4. The maximum absolute atomic E-state index is 10.8. The molecular formula is C9H9NO. The van der Waals surface area contributed by atoms with Crippen molar-refractivity contribution in [2.75, 3.05) is 0 Å². The molecule has 2 heteroatoms. The molecule has 56 valence electrons. The zero-order valence-corrected chi connectivity index (χ0v) is 6.59. The highest BCUT2D eigenvalue weighted by Crippen LogP contribution is 2.29. The van der Waals surface area contributed by atoms with E-state index in [-0.39, 0.29) is 11.2 Å². The molecule has 1 aliphatic rings. The highest BCUT2D eigenvalue weighted by atomic mass is 16.1. The van der Waals surface area contributed by atoms with Crippen LogP contribution in [0.1, 0.15) is 13.8 Å². The number of ketones is 1. The van der Waals surface area contributed by atoms with Crippen molar-refractivity contribution in [2.45, 2.75) is 13.8 Å². The molecule has 0 unspecified atom stereocenters. The molecule has 0 N–H and O–H groups in total. The molecule has 0 radical (unpaired) electrons. The summed E-state index contributed by atoms with van der Waals surface area (Å²) in [5.41, 5.74) is 0.257. The third-order valence-corrected chi connectivity index (χ3v) is 1.77. The molecule has 0 aromatic carbocycles. The summed E-state index contributed by atoms with van der Waals surface area (Å²) in [6.07, 6.45) is 4.65. The Morgan fingerprint density at radius 1 is 1.55 bits per heavy atom. The SMILES string of the molecule is CC1(C)C=CC(=O)C=C1C#N. The second-order valence-electron chi connectivity index (χ2n) is 3.13. The van der Waals surface area contributed by atoms with Gasteiger partial charge in [-0.1, -0.05) is 19.9 Å². The Morgan fingerprint density at radius 2 is 2.18 bits per heavy atom. The van der Waals surface area contributed by atoms with Gasteiger partial charge in [-0.2, -0.15) is 5.26 Å². The number of nitrogens with zero attached hydrogens (tertiary/aromatic N) is 1. The predicted molar refractivity (Wildman–Crippen MR) is 41.6 cm³/mol. The Morgan fingerprint density at radius 3 is 2.64 bits per heavy atom. The zero-order valence-electron chi connectivity index (χ0n) is 6.59. The molecule has 0 aromatic heterocycles. The third-order valence-electron chi connectivity index (χ3n) is 1.77. The Kier molecular flexibility index (Phi) is 1.66. The lowest BCUT2D eigenvalue weighted by atomic mass is 9.81. The largest absolute Gasteiger partial charge is 0.290 e. The Bertz CT molecular complexity index is 289. The second kappa shape index (κ2) is 2.35. The van der Waals surface area contributed by atoms with Gasteiger partial charge in [-0.25, -0.2) is 0 Å². The number of nitriles is 1. The molecule has 0 heterocycles. The lowest BCUT2D eigenvalue weighted by Crippen LogP contribution is -2.15. The molecule has 0 amide bonds. The molecule has 1 aliphatic carbocycles. The number of hydrogen-bond donors (Lipinski definition) is 0. The molecule has 0 saturated carbocycles. The maximum Gasteiger partial charge on any atom is 0.179 e. The summed E-state index contributed by atoms with van der Waals surface area (Å²) in [4.78, 5) is 10.8. The van der Waals surface area contributed by atoms with Gasteiger partial charge in [0.1, 0.15) is 0 Å². The fraction of sp³-hybridized carbons (Fsp3) is 0.333. The van der Waals surface area contributed by atoms with Gasteiger partial charge in [0.05, 0.1) is 6.07 Å². The van der Waals surface area contributed by atoms with E-state index in [4.69, 9.17) is 5.26 Å². The van der Waals surface area contributed by atoms with Crippen molar-refractivity contribution in [1.82, 2.24) is 0 Å². The van der Waals surface area contributed by atoms with Crippen molar-refractivity contribution >= 4 is 5.78 Å². The van der Waals surface area contributed by atoms with Crippen LogP contribution in [0.25, 0.3) is 0 Å². The molecule has 11 heavy (non-hydrogen) atoms. The van der Waals surface area contributed by atoms with Crippen molar-refractivity contribution in [2.24, 2.45) is 5.41 Å². The normalized spacial score (nSPS) is 20.8. The van der Waals surface area contributed by atoms with Gasteiger partial charge in [-0.3, -0.25) is 4.79 Å². The average molecular weight is 147 g/mol. The van der Waals surface area contributed by atoms with E-state index in [1.54, 1.807) is 6.08 Å². The quantitative estimate of drug-likeness (QED) is 0.522. The van der Waals surface area contributed by atoms with Gasteiger partial charge in [0, 0.05) is 11.0 Å². The van der Waals surface area contributed by atoms with Gasteiger partial charge in [-0.05, 0) is 12.2 Å². The van der Waals surface area contributed by atoms with E-state index >= 15 is 0 Å². The topological polar surface area (TPSA) is 40.9 Å². The Hall–Kier alpha value is -1.36. The predicted octanol–water partition coefficient (Wildman–Crippen LogP) is 1.60. The van der Waals surface area contributed by atoms with Crippen LogP contribution in [0.2, 0.25) is 0 Å². The standard InChI is InChI=1S/C9H9NO/c1-9(2)4-3-8(11)5-7(9)6-10/h3-5H,1-2H3. The van der Waals surface area contributed by atoms with E-state index < -0.39 is 0 Å². The molecule has 1 rings (SSSR count). The first-order valence-corrected chi connectivity index (χ1v) is 3.42. The van der Waals surface area contributed by atoms with Crippen LogP contribution in [0, 0.1) is 16.7 Å². The van der Waals surface area contributed by atoms with Crippen LogP contribution in [-0.2, 0) is 4.79 Å². The molecule has 0 bridgehead atoms. The third kappa shape index (κ3) is 1.38. The van der Waals surface area contributed by atoms with Gasteiger partial charge >= 0.3 is 0 Å². The zero-order chi connectivity index (χ0) is 8.48. The van der Waals surface area contributed by atoms with Crippen LogP contribution in [-0.4, -0.2) is 5.78 Å². The van der Waals surface area contributed by atoms with Crippen LogP contribution < -0.4 is 0 Å². The van der Waals surface area contributed by atoms with E-state index in [9.17, 15) is 4.79 Å². The molecule has 0 fully saturated rings. The fourth-order valence-corrected chi connectivity index (χ4v) is 0.933. The summed E-state index contributed by atoms with van der Waals surface area (Å²) < 4.78 is 0. The summed E-state index contributed by atoms with van der Waals surface area (Å²) in [5.74, 6) is -0.0964. The number of hydrogen-bond acceptors (Lipinski definition) is 2. The molecule has 2 nitrogen and oxygen atoms in total. The minimum Gasteiger partial charge on any atom is -0.290 e.